The number of H-pyrrole nitrogens is 1. The second-order valence-corrected chi connectivity index (χ2v) is 4.50. The molecule has 0 unspecified atom stereocenters. The topological polar surface area (TPSA) is 106 Å². The van der Waals surface area contributed by atoms with Crippen molar-refractivity contribution < 1.29 is 9.53 Å². The van der Waals surface area contributed by atoms with Crippen LogP contribution in [0.3, 0.4) is 0 Å². The van der Waals surface area contributed by atoms with E-state index in [1.165, 1.54) is 0 Å². The highest BCUT2D eigenvalue weighted by Crippen LogP contribution is 2.19. The first kappa shape index (κ1) is 14.0. The zero-order valence-corrected chi connectivity index (χ0v) is 11.4. The van der Waals surface area contributed by atoms with Crippen LogP contribution in [0.4, 0.5) is 0 Å². The number of aromatic amines is 1. The normalized spacial score (nSPS) is 10.3. The third kappa shape index (κ3) is 3.55. The molecular weight excluding hydrogens is 258 g/mol. The number of benzene rings is 1. The minimum atomic E-state index is -0.342. The Kier molecular flexibility index (Phi) is 4.31. The summed E-state index contributed by atoms with van der Waals surface area (Å²) in [5.74, 6) is 6.41. The second-order valence-electron chi connectivity index (χ2n) is 4.50. The number of rotatable bonds is 5. The Balaban J connectivity index is 1.97. The van der Waals surface area contributed by atoms with Crippen LogP contribution in [0.25, 0.3) is 0 Å². The van der Waals surface area contributed by atoms with E-state index in [1.807, 2.05) is 37.5 Å². The van der Waals surface area contributed by atoms with Crippen molar-refractivity contribution in [2.24, 2.45) is 5.84 Å². The molecule has 1 aromatic heterocycles. The molecule has 7 nitrogen and oxygen atoms in total. The van der Waals surface area contributed by atoms with Crippen LogP contribution in [0, 0.1) is 13.8 Å². The minimum absolute atomic E-state index is 0.0382. The molecule has 1 heterocycles. The standard InChI is InChI=1S/C13H17N5O2/c1-8-3-4-9(2)10(5-8)20-7-12-15-11(17-18-12)6-13(19)16-14/h3-5H,6-7,14H2,1-2H3,(H,16,19)(H,15,17,18). The fourth-order valence-corrected chi connectivity index (χ4v) is 1.68. The van der Waals surface area contributed by atoms with E-state index in [9.17, 15) is 4.79 Å². The van der Waals surface area contributed by atoms with Crippen molar-refractivity contribution >= 4 is 5.91 Å². The zero-order valence-electron chi connectivity index (χ0n) is 11.4. The maximum absolute atomic E-state index is 11.1. The Morgan fingerprint density at radius 3 is 3.00 bits per heavy atom. The summed E-state index contributed by atoms with van der Waals surface area (Å²) in [7, 11) is 0. The van der Waals surface area contributed by atoms with Gasteiger partial charge in [-0.1, -0.05) is 12.1 Å². The maximum atomic E-state index is 11.1. The summed E-state index contributed by atoms with van der Waals surface area (Å²) in [5.41, 5.74) is 4.21. The molecule has 7 heteroatoms. The van der Waals surface area contributed by atoms with Gasteiger partial charge < -0.3 is 4.74 Å². The molecule has 0 fully saturated rings. The smallest absolute Gasteiger partial charge is 0.241 e. The van der Waals surface area contributed by atoms with Crippen LogP contribution in [-0.2, 0) is 17.8 Å². The molecule has 0 spiro atoms. The first-order valence-corrected chi connectivity index (χ1v) is 6.18. The van der Waals surface area contributed by atoms with E-state index in [4.69, 9.17) is 10.6 Å². The van der Waals surface area contributed by atoms with Crippen molar-refractivity contribution in [3.8, 4) is 5.75 Å². The Hall–Kier alpha value is -2.41. The number of carbonyl (C=O) groups excluding carboxylic acids is 1. The summed E-state index contributed by atoms with van der Waals surface area (Å²) in [6, 6.07) is 6.00. The largest absolute Gasteiger partial charge is 0.485 e. The SMILES string of the molecule is Cc1ccc(C)c(OCc2nc(CC(=O)NN)n[nH]2)c1. The highest BCUT2D eigenvalue weighted by molar-refractivity contribution is 5.76. The molecule has 0 saturated heterocycles. The Labute approximate surface area is 116 Å². The molecule has 0 bridgehead atoms. The van der Waals surface area contributed by atoms with Crippen molar-refractivity contribution in [1.29, 1.82) is 0 Å². The van der Waals surface area contributed by atoms with Crippen molar-refractivity contribution in [1.82, 2.24) is 20.6 Å². The van der Waals surface area contributed by atoms with Crippen LogP contribution in [0.1, 0.15) is 22.8 Å². The summed E-state index contributed by atoms with van der Waals surface area (Å²) in [5, 5.41) is 6.66. The molecule has 0 aliphatic carbocycles. The van der Waals surface area contributed by atoms with E-state index in [1.54, 1.807) is 0 Å². The molecule has 1 aromatic carbocycles. The highest BCUT2D eigenvalue weighted by atomic mass is 16.5. The van der Waals surface area contributed by atoms with Gasteiger partial charge in [-0.05, 0) is 31.0 Å². The molecular formula is C13H17N5O2. The van der Waals surface area contributed by atoms with Crippen LogP contribution in [0.2, 0.25) is 0 Å². The molecule has 0 aliphatic heterocycles. The van der Waals surface area contributed by atoms with E-state index in [0.717, 1.165) is 16.9 Å². The molecule has 4 N–H and O–H groups in total. The van der Waals surface area contributed by atoms with E-state index < -0.39 is 0 Å². The minimum Gasteiger partial charge on any atom is -0.485 e. The molecule has 1 amide bonds. The predicted molar refractivity (Wildman–Crippen MR) is 72.7 cm³/mol. The van der Waals surface area contributed by atoms with Gasteiger partial charge >= 0.3 is 0 Å². The molecule has 0 aliphatic rings. The number of hydrogen-bond acceptors (Lipinski definition) is 5. The number of nitrogens with two attached hydrogens (primary N) is 1. The monoisotopic (exact) mass is 275 g/mol. The van der Waals surface area contributed by atoms with Gasteiger partial charge in [0, 0.05) is 0 Å². The second kappa shape index (κ2) is 6.16. The van der Waals surface area contributed by atoms with Crippen molar-refractivity contribution in [2.45, 2.75) is 26.9 Å². The molecule has 106 valence electrons. The number of hydrogen-bond donors (Lipinski definition) is 3. The molecule has 2 aromatic rings. The summed E-state index contributed by atoms with van der Waals surface area (Å²) >= 11 is 0. The fourth-order valence-electron chi connectivity index (χ4n) is 1.68. The summed E-state index contributed by atoms with van der Waals surface area (Å²) in [6.45, 7) is 4.25. The lowest BCUT2D eigenvalue weighted by atomic mass is 10.1. The number of ether oxygens (including phenoxy) is 1. The number of hydrazine groups is 1. The van der Waals surface area contributed by atoms with Crippen molar-refractivity contribution in [3.63, 3.8) is 0 Å². The molecule has 0 radical (unpaired) electrons. The first-order valence-electron chi connectivity index (χ1n) is 6.18. The van der Waals surface area contributed by atoms with E-state index >= 15 is 0 Å². The number of nitrogens with one attached hydrogen (secondary N) is 2. The van der Waals surface area contributed by atoms with Crippen LogP contribution in [-0.4, -0.2) is 21.1 Å². The molecule has 2 rings (SSSR count). The lowest BCUT2D eigenvalue weighted by Gasteiger charge is -2.08. The number of amides is 1. The van der Waals surface area contributed by atoms with E-state index in [-0.39, 0.29) is 18.9 Å². The average molecular weight is 275 g/mol. The number of aryl methyl sites for hydroxylation is 2. The third-order valence-corrected chi connectivity index (χ3v) is 2.77. The van der Waals surface area contributed by atoms with Gasteiger partial charge in [0.1, 0.15) is 12.4 Å². The first-order chi connectivity index (χ1) is 9.58. The average Bonchev–Trinajstić information content (AvgIpc) is 2.87. The van der Waals surface area contributed by atoms with Crippen LogP contribution < -0.4 is 16.0 Å². The summed E-state index contributed by atoms with van der Waals surface area (Å²) in [4.78, 5) is 15.2. The lowest BCUT2D eigenvalue weighted by molar-refractivity contribution is -0.120. The van der Waals surface area contributed by atoms with Gasteiger partial charge in [-0.3, -0.25) is 15.3 Å². The molecule has 20 heavy (non-hydrogen) atoms. The molecule has 0 saturated carbocycles. The van der Waals surface area contributed by atoms with Gasteiger partial charge in [-0.2, -0.15) is 5.10 Å². The predicted octanol–water partition coefficient (Wildman–Crippen LogP) is 0.533. The van der Waals surface area contributed by atoms with Crippen molar-refractivity contribution in [3.05, 3.63) is 41.0 Å². The Bertz CT molecular complexity index is 609. The zero-order chi connectivity index (χ0) is 14.5. The number of carbonyl (C=O) groups is 1. The van der Waals surface area contributed by atoms with Gasteiger partial charge in [0.25, 0.3) is 0 Å². The van der Waals surface area contributed by atoms with Crippen LogP contribution in [0.15, 0.2) is 18.2 Å². The van der Waals surface area contributed by atoms with E-state index in [0.29, 0.717) is 11.6 Å². The van der Waals surface area contributed by atoms with Crippen molar-refractivity contribution in [2.75, 3.05) is 0 Å². The lowest BCUT2D eigenvalue weighted by Crippen LogP contribution is -2.31. The van der Waals surface area contributed by atoms with E-state index in [2.05, 4.69) is 15.2 Å². The van der Waals surface area contributed by atoms with Crippen LogP contribution >= 0.6 is 0 Å². The maximum Gasteiger partial charge on any atom is 0.241 e. The Morgan fingerprint density at radius 2 is 2.25 bits per heavy atom. The summed E-state index contributed by atoms with van der Waals surface area (Å²) < 4.78 is 5.69. The Morgan fingerprint density at radius 1 is 1.45 bits per heavy atom. The summed E-state index contributed by atoms with van der Waals surface area (Å²) in [6.07, 6.45) is 0.0382. The number of aromatic nitrogens is 3. The fraction of sp³-hybridized carbons (Fsp3) is 0.308. The van der Waals surface area contributed by atoms with Gasteiger partial charge in [0.2, 0.25) is 5.91 Å². The van der Waals surface area contributed by atoms with Gasteiger partial charge in [-0.25, -0.2) is 10.8 Å². The number of nitrogens with zero attached hydrogens (tertiary/aromatic N) is 2. The van der Waals surface area contributed by atoms with Gasteiger partial charge in [0.15, 0.2) is 11.6 Å². The van der Waals surface area contributed by atoms with Gasteiger partial charge in [-0.15, -0.1) is 0 Å². The van der Waals surface area contributed by atoms with Crippen LogP contribution in [0.5, 0.6) is 5.75 Å². The van der Waals surface area contributed by atoms with Gasteiger partial charge in [0.05, 0.1) is 6.42 Å². The quantitative estimate of drug-likeness (QED) is 0.419. The molecule has 0 atom stereocenters. The third-order valence-electron chi connectivity index (χ3n) is 2.77. The highest BCUT2D eigenvalue weighted by Gasteiger charge is 2.08.